The molecule has 0 radical (unpaired) electrons. The number of nitrogens with zero attached hydrogens (tertiary/aromatic N) is 1. The summed E-state index contributed by atoms with van der Waals surface area (Å²) in [6.07, 6.45) is 2.53. The highest BCUT2D eigenvalue weighted by atomic mass is 35.5. The molecule has 1 aromatic heterocycles. The molecular weight excluding hydrogens is 378 g/mol. The summed E-state index contributed by atoms with van der Waals surface area (Å²) in [5.74, 6) is -0.214. The van der Waals surface area contributed by atoms with Crippen LogP contribution in [0, 0.1) is 0 Å². The van der Waals surface area contributed by atoms with Gasteiger partial charge in [0.25, 0.3) is 5.91 Å². The molecule has 0 fully saturated rings. The maximum absolute atomic E-state index is 11.7. The highest BCUT2D eigenvalue weighted by Gasteiger charge is 2.15. The van der Waals surface area contributed by atoms with E-state index in [2.05, 4.69) is 15.6 Å². The van der Waals surface area contributed by atoms with Crippen LogP contribution in [-0.2, 0) is 17.6 Å². The van der Waals surface area contributed by atoms with E-state index in [1.54, 1.807) is 19.3 Å². The van der Waals surface area contributed by atoms with E-state index >= 15 is 0 Å². The third kappa shape index (κ3) is 6.85. The summed E-state index contributed by atoms with van der Waals surface area (Å²) >= 11 is 6.42. The number of carbonyl (C=O) groups is 2. The summed E-state index contributed by atoms with van der Waals surface area (Å²) < 4.78 is 5.21. The zero-order valence-corrected chi connectivity index (χ0v) is 17.4. The number of amides is 2. The van der Waals surface area contributed by atoms with Crippen LogP contribution < -0.4 is 10.6 Å². The van der Waals surface area contributed by atoms with Crippen LogP contribution in [0.1, 0.15) is 48.0 Å². The molecule has 0 saturated carbocycles. The van der Waals surface area contributed by atoms with Crippen molar-refractivity contribution in [3.63, 3.8) is 0 Å². The van der Waals surface area contributed by atoms with Gasteiger partial charge in [0.05, 0.1) is 0 Å². The molecule has 2 amide bonds. The minimum Gasteiger partial charge on any atom is -0.444 e. The lowest BCUT2D eigenvalue weighted by Crippen LogP contribution is -2.33. The first-order chi connectivity index (χ1) is 13.2. The summed E-state index contributed by atoms with van der Waals surface area (Å²) in [6.45, 7) is 5.95. The fourth-order valence-corrected chi connectivity index (χ4v) is 2.79. The van der Waals surface area contributed by atoms with E-state index in [0.29, 0.717) is 30.1 Å². The van der Waals surface area contributed by atoms with Crippen molar-refractivity contribution in [2.75, 3.05) is 13.6 Å². The SMILES string of the molecule is CNC(=O)c1ccc(Cc2ccc(CCNC(=O)OC(C)(C)C)cc2Cl)cn1. The number of alkyl carbamates (subject to hydrolysis) is 1. The molecule has 0 spiro atoms. The second-order valence-electron chi connectivity index (χ2n) is 7.41. The van der Waals surface area contributed by atoms with E-state index in [9.17, 15) is 9.59 Å². The van der Waals surface area contributed by atoms with Crippen LogP contribution in [0.4, 0.5) is 4.79 Å². The zero-order valence-electron chi connectivity index (χ0n) is 16.6. The molecule has 0 atom stereocenters. The van der Waals surface area contributed by atoms with Crippen LogP contribution in [0.25, 0.3) is 0 Å². The number of hydrogen-bond acceptors (Lipinski definition) is 4. The Labute approximate surface area is 170 Å². The number of halogens is 1. The summed E-state index contributed by atoms with van der Waals surface area (Å²) in [5.41, 5.74) is 2.83. The molecule has 0 unspecified atom stereocenters. The molecule has 0 bridgehead atoms. The Hall–Kier alpha value is -2.60. The van der Waals surface area contributed by atoms with Crippen molar-refractivity contribution in [2.24, 2.45) is 0 Å². The molecule has 0 aliphatic heterocycles. The van der Waals surface area contributed by atoms with Gasteiger partial charge in [0, 0.05) is 31.2 Å². The summed E-state index contributed by atoms with van der Waals surface area (Å²) in [6, 6.07) is 9.42. The smallest absolute Gasteiger partial charge is 0.407 e. The maximum atomic E-state index is 11.7. The Bertz CT molecular complexity index is 830. The Kier molecular flexibility index (Phi) is 7.40. The first-order valence-corrected chi connectivity index (χ1v) is 9.47. The number of aromatic nitrogens is 1. The molecule has 150 valence electrons. The van der Waals surface area contributed by atoms with Crippen LogP contribution in [-0.4, -0.2) is 36.2 Å². The predicted molar refractivity (Wildman–Crippen MR) is 110 cm³/mol. The largest absolute Gasteiger partial charge is 0.444 e. The second-order valence-corrected chi connectivity index (χ2v) is 7.82. The number of rotatable bonds is 6. The lowest BCUT2D eigenvalue weighted by molar-refractivity contribution is 0.0528. The van der Waals surface area contributed by atoms with E-state index in [1.807, 2.05) is 45.0 Å². The van der Waals surface area contributed by atoms with Crippen molar-refractivity contribution in [1.82, 2.24) is 15.6 Å². The molecule has 28 heavy (non-hydrogen) atoms. The average Bonchev–Trinajstić information content (AvgIpc) is 2.62. The topological polar surface area (TPSA) is 80.3 Å². The van der Waals surface area contributed by atoms with Crippen LogP contribution >= 0.6 is 11.6 Å². The number of pyridine rings is 1. The standard InChI is InChI=1S/C21H26ClN3O3/c1-21(2,3)28-20(27)24-10-9-14-5-7-16(17(22)12-14)11-15-6-8-18(25-13-15)19(26)23-4/h5-8,12-13H,9-11H2,1-4H3,(H,23,26)(H,24,27). The lowest BCUT2D eigenvalue weighted by atomic mass is 10.0. The molecule has 2 N–H and O–H groups in total. The molecule has 2 aromatic rings. The highest BCUT2D eigenvalue weighted by Crippen LogP contribution is 2.21. The zero-order chi connectivity index (χ0) is 20.7. The van der Waals surface area contributed by atoms with Gasteiger partial charge >= 0.3 is 6.09 Å². The van der Waals surface area contributed by atoms with Gasteiger partial charge in [-0.05, 0) is 56.0 Å². The Morgan fingerprint density at radius 1 is 1.14 bits per heavy atom. The quantitative estimate of drug-likeness (QED) is 0.769. The minimum atomic E-state index is -0.511. The monoisotopic (exact) mass is 403 g/mol. The van der Waals surface area contributed by atoms with Gasteiger partial charge in [-0.1, -0.05) is 29.8 Å². The first-order valence-electron chi connectivity index (χ1n) is 9.09. The maximum Gasteiger partial charge on any atom is 0.407 e. The Morgan fingerprint density at radius 3 is 2.43 bits per heavy atom. The van der Waals surface area contributed by atoms with Gasteiger partial charge in [-0.2, -0.15) is 0 Å². The molecule has 1 heterocycles. The molecule has 6 nitrogen and oxygen atoms in total. The minimum absolute atomic E-state index is 0.214. The summed E-state index contributed by atoms with van der Waals surface area (Å²) in [5, 5.41) is 5.94. The third-order valence-electron chi connectivity index (χ3n) is 3.88. The molecule has 0 aliphatic carbocycles. The van der Waals surface area contributed by atoms with Gasteiger partial charge in [-0.3, -0.25) is 9.78 Å². The van der Waals surface area contributed by atoms with Crippen LogP contribution in [0.3, 0.4) is 0 Å². The van der Waals surface area contributed by atoms with Gasteiger partial charge in [0.1, 0.15) is 11.3 Å². The molecule has 7 heteroatoms. The van der Waals surface area contributed by atoms with Gasteiger partial charge in [0.2, 0.25) is 0 Å². The predicted octanol–water partition coefficient (Wildman–Crippen LogP) is 3.75. The van der Waals surface area contributed by atoms with E-state index in [-0.39, 0.29) is 5.91 Å². The molecule has 1 aromatic carbocycles. The van der Waals surface area contributed by atoms with Crippen LogP contribution in [0.2, 0.25) is 5.02 Å². The molecule has 0 aliphatic rings. The van der Waals surface area contributed by atoms with Crippen molar-refractivity contribution in [3.05, 3.63) is 63.9 Å². The lowest BCUT2D eigenvalue weighted by Gasteiger charge is -2.19. The van der Waals surface area contributed by atoms with Crippen LogP contribution in [0.5, 0.6) is 0 Å². The van der Waals surface area contributed by atoms with Gasteiger partial charge in [0.15, 0.2) is 0 Å². The number of benzene rings is 1. The van der Waals surface area contributed by atoms with Gasteiger partial charge in [-0.25, -0.2) is 4.79 Å². The highest BCUT2D eigenvalue weighted by molar-refractivity contribution is 6.31. The average molecular weight is 404 g/mol. The van der Waals surface area contributed by atoms with Crippen molar-refractivity contribution in [3.8, 4) is 0 Å². The third-order valence-corrected chi connectivity index (χ3v) is 4.23. The van der Waals surface area contributed by atoms with Crippen molar-refractivity contribution in [1.29, 1.82) is 0 Å². The van der Waals surface area contributed by atoms with E-state index in [1.165, 1.54) is 0 Å². The summed E-state index contributed by atoms with van der Waals surface area (Å²) in [4.78, 5) is 27.4. The van der Waals surface area contributed by atoms with Crippen molar-refractivity contribution < 1.29 is 14.3 Å². The van der Waals surface area contributed by atoms with Crippen molar-refractivity contribution in [2.45, 2.75) is 39.2 Å². The Balaban J connectivity index is 1.91. The van der Waals surface area contributed by atoms with E-state index in [4.69, 9.17) is 16.3 Å². The fourth-order valence-electron chi connectivity index (χ4n) is 2.52. The van der Waals surface area contributed by atoms with Crippen molar-refractivity contribution >= 4 is 23.6 Å². The fraction of sp³-hybridized carbons (Fsp3) is 0.381. The Morgan fingerprint density at radius 2 is 1.86 bits per heavy atom. The number of carbonyl (C=O) groups excluding carboxylic acids is 2. The number of nitrogens with one attached hydrogen (secondary N) is 2. The van der Waals surface area contributed by atoms with E-state index < -0.39 is 11.7 Å². The number of hydrogen-bond donors (Lipinski definition) is 2. The number of ether oxygens (including phenoxy) is 1. The van der Waals surface area contributed by atoms with Crippen LogP contribution in [0.15, 0.2) is 36.5 Å². The molecular formula is C21H26ClN3O3. The first kappa shape index (κ1) is 21.7. The van der Waals surface area contributed by atoms with Gasteiger partial charge < -0.3 is 15.4 Å². The van der Waals surface area contributed by atoms with Gasteiger partial charge in [-0.15, -0.1) is 0 Å². The second kappa shape index (κ2) is 9.55. The molecule has 0 saturated heterocycles. The summed E-state index contributed by atoms with van der Waals surface area (Å²) in [7, 11) is 1.57. The molecule has 2 rings (SSSR count). The normalized spacial score (nSPS) is 11.0. The van der Waals surface area contributed by atoms with E-state index in [0.717, 1.165) is 16.7 Å².